The lowest BCUT2D eigenvalue weighted by molar-refractivity contribution is 0.407. The van der Waals surface area contributed by atoms with Gasteiger partial charge in [-0.15, -0.1) is 0 Å². The lowest BCUT2D eigenvalue weighted by Gasteiger charge is -2.21. The Kier molecular flexibility index (Phi) is 3.55. The zero-order valence-corrected chi connectivity index (χ0v) is 11.3. The summed E-state index contributed by atoms with van der Waals surface area (Å²) in [7, 11) is 1.67. The SMILES string of the molecule is COc1ccc(C(N)C(C)C2CC2)c(Br)c1. The Morgan fingerprint density at radius 3 is 2.62 bits per heavy atom. The topological polar surface area (TPSA) is 35.2 Å². The van der Waals surface area contributed by atoms with Gasteiger partial charge in [0, 0.05) is 10.5 Å². The van der Waals surface area contributed by atoms with Crippen LogP contribution in [0, 0.1) is 11.8 Å². The largest absolute Gasteiger partial charge is 0.497 e. The zero-order chi connectivity index (χ0) is 11.7. The van der Waals surface area contributed by atoms with Gasteiger partial charge in [-0.3, -0.25) is 0 Å². The van der Waals surface area contributed by atoms with Crippen LogP contribution in [0.3, 0.4) is 0 Å². The summed E-state index contributed by atoms with van der Waals surface area (Å²) in [5, 5.41) is 0. The number of hydrogen-bond acceptors (Lipinski definition) is 2. The van der Waals surface area contributed by atoms with E-state index in [1.165, 1.54) is 18.4 Å². The van der Waals surface area contributed by atoms with E-state index >= 15 is 0 Å². The quantitative estimate of drug-likeness (QED) is 0.918. The molecule has 88 valence electrons. The standard InChI is InChI=1S/C13H18BrNO/c1-8(9-3-4-9)13(15)11-6-5-10(16-2)7-12(11)14/h5-9,13H,3-4,15H2,1-2H3. The van der Waals surface area contributed by atoms with E-state index in [-0.39, 0.29) is 6.04 Å². The van der Waals surface area contributed by atoms with Crippen LogP contribution < -0.4 is 10.5 Å². The Morgan fingerprint density at radius 1 is 1.44 bits per heavy atom. The van der Waals surface area contributed by atoms with Gasteiger partial charge in [-0.05, 0) is 42.4 Å². The molecular formula is C13H18BrNO. The first-order chi connectivity index (χ1) is 7.63. The molecule has 0 heterocycles. The maximum Gasteiger partial charge on any atom is 0.120 e. The first kappa shape index (κ1) is 11.9. The molecule has 1 fully saturated rings. The molecule has 1 aliphatic rings. The fourth-order valence-electron chi connectivity index (χ4n) is 2.10. The van der Waals surface area contributed by atoms with Gasteiger partial charge < -0.3 is 10.5 Å². The summed E-state index contributed by atoms with van der Waals surface area (Å²) in [6.07, 6.45) is 2.67. The highest BCUT2D eigenvalue weighted by molar-refractivity contribution is 9.10. The zero-order valence-electron chi connectivity index (χ0n) is 9.74. The molecule has 1 aliphatic carbocycles. The van der Waals surface area contributed by atoms with Crippen molar-refractivity contribution in [3.8, 4) is 5.75 Å². The predicted molar refractivity (Wildman–Crippen MR) is 69.5 cm³/mol. The van der Waals surface area contributed by atoms with Gasteiger partial charge >= 0.3 is 0 Å². The van der Waals surface area contributed by atoms with Crippen molar-refractivity contribution in [2.45, 2.75) is 25.8 Å². The third-order valence-electron chi connectivity index (χ3n) is 3.50. The lowest BCUT2D eigenvalue weighted by Crippen LogP contribution is -2.21. The van der Waals surface area contributed by atoms with E-state index in [4.69, 9.17) is 10.5 Å². The molecule has 0 radical (unpaired) electrons. The summed E-state index contributed by atoms with van der Waals surface area (Å²) in [5.41, 5.74) is 7.48. The van der Waals surface area contributed by atoms with Crippen molar-refractivity contribution < 1.29 is 4.74 Å². The van der Waals surface area contributed by atoms with Crippen LogP contribution in [0.2, 0.25) is 0 Å². The summed E-state index contributed by atoms with van der Waals surface area (Å²) in [6.45, 7) is 2.25. The highest BCUT2D eigenvalue weighted by atomic mass is 79.9. The van der Waals surface area contributed by atoms with E-state index in [2.05, 4.69) is 28.9 Å². The third-order valence-corrected chi connectivity index (χ3v) is 4.19. The van der Waals surface area contributed by atoms with E-state index in [1.54, 1.807) is 7.11 Å². The lowest BCUT2D eigenvalue weighted by atomic mass is 9.91. The van der Waals surface area contributed by atoms with Crippen molar-refractivity contribution in [1.29, 1.82) is 0 Å². The van der Waals surface area contributed by atoms with Gasteiger partial charge in [0.05, 0.1) is 7.11 Å². The van der Waals surface area contributed by atoms with E-state index in [0.717, 1.165) is 16.1 Å². The Hall–Kier alpha value is -0.540. The molecule has 1 aromatic carbocycles. The maximum absolute atomic E-state index is 6.30. The van der Waals surface area contributed by atoms with Crippen LogP contribution in [0.25, 0.3) is 0 Å². The second-order valence-electron chi connectivity index (χ2n) is 4.61. The van der Waals surface area contributed by atoms with E-state index in [9.17, 15) is 0 Å². The Bertz CT molecular complexity index is 376. The molecule has 2 N–H and O–H groups in total. The van der Waals surface area contributed by atoms with E-state index in [1.807, 2.05) is 12.1 Å². The molecule has 3 heteroatoms. The van der Waals surface area contributed by atoms with Crippen molar-refractivity contribution in [3.05, 3.63) is 28.2 Å². The van der Waals surface area contributed by atoms with Crippen LogP contribution in [0.1, 0.15) is 31.4 Å². The molecule has 0 amide bonds. The Labute approximate surface area is 105 Å². The molecule has 2 unspecified atom stereocenters. The van der Waals surface area contributed by atoms with Gasteiger partial charge in [0.2, 0.25) is 0 Å². The molecule has 2 nitrogen and oxygen atoms in total. The number of hydrogen-bond donors (Lipinski definition) is 1. The number of nitrogens with two attached hydrogens (primary N) is 1. The minimum atomic E-state index is 0.118. The van der Waals surface area contributed by atoms with Gasteiger partial charge in [-0.25, -0.2) is 0 Å². The van der Waals surface area contributed by atoms with Crippen LogP contribution >= 0.6 is 15.9 Å². The number of ether oxygens (including phenoxy) is 1. The predicted octanol–water partition coefficient (Wildman–Crippen LogP) is 3.50. The van der Waals surface area contributed by atoms with Crippen molar-refractivity contribution in [3.63, 3.8) is 0 Å². The molecule has 0 saturated heterocycles. The smallest absolute Gasteiger partial charge is 0.120 e. The van der Waals surface area contributed by atoms with Crippen LogP contribution in [-0.4, -0.2) is 7.11 Å². The molecule has 2 rings (SSSR count). The van der Waals surface area contributed by atoms with Crippen LogP contribution in [-0.2, 0) is 0 Å². The van der Waals surface area contributed by atoms with Gasteiger partial charge in [-0.2, -0.15) is 0 Å². The summed E-state index contributed by atoms with van der Waals surface area (Å²) in [4.78, 5) is 0. The Balaban J connectivity index is 2.18. The number of halogens is 1. The van der Waals surface area contributed by atoms with Crippen molar-refractivity contribution in [1.82, 2.24) is 0 Å². The van der Waals surface area contributed by atoms with Gasteiger partial charge in [-0.1, -0.05) is 28.9 Å². The van der Waals surface area contributed by atoms with Crippen LogP contribution in [0.4, 0.5) is 0 Å². The molecule has 16 heavy (non-hydrogen) atoms. The highest BCUT2D eigenvalue weighted by Crippen LogP contribution is 2.43. The average molecular weight is 284 g/mol. The normalized spacial score (nSPS) is 19.2. The van der Waals surface area contributed by atoms with Crippen molar-refractivity contribution in [2.75, 3.05) is 7.11 Å². The molecule has 1 saturated carbocycles. The van der Waals surface area contributed by atoms with E-state index in [0.29, 0.717) is 5.92 Å². The second-order valence-corrected chi connectivity index (χ2v) is 5.46. The molecule has 2 atom stereocenters. The summed E-state index contributed by atoms with van der Waals surface area (Å²) in [6, 6.07) is 6.13. The van der Waals surface area contributed by atoms with Crippen molar-refractivity contribution >= 4 is 15.9 Å². The number of benzene rings is 1. The number of rotatable bonds is 4. The first-order valence-corrected chi connectivity index (χ1v) is 6.51. The molecule has 0 bridgehead atoms. The van der Waals surface area contributed by atoms with Crippen LogP contribution in [0.15, 0.2) is 22.7 Å². The summed E-state index contributed by atoms with van der Waals surface area (Å²) < 4.78 is 6.23. The van der Waals surface area contributed by atoms with E-state index < -0.39 is 0 Å². The first-order valence-electron chi connectivity index (χ1n) is 5.72. The van der Waals surface area contributed by atoms with Crippen molar-refractivity contribution in [2.24, 2.45) is 17.6 Å². The van der Waals surface area contributed by atoms with Gasteiger partial charge in [0.1, 0.15) is 5.75 Å². The average Bonchev–Trinajstić information content (AvgIpc) is 3.10. The monoisotopic (exact) mass is 283 g/mol. The van der Waals surface area contributed by atoms with Crippen LogP contribution in [0.5, 0.6) is 5.75 Å². The molecule has 0 aliphatic heterocycles. The second kappa shape index (κ2) is 4.76. The molecule has 0 aromatic heterocycles. The highest BCUT2D eigenvalue weighted by Gasteiger charge is 2.32. The summed E-state index contributed by atoms with van der Waals surface area (Å²) >= 11 is 3.57. The fraction of sp³-hybridized carbons (Fsp3) is 0.538. The minimum absolute atomic E-state index is 0.118. The third kappa shape index (κ3) is 2.41. The number of methoxy groups -OCH3 is 1. The molecular weight excluding hydrogens is 266 g/mol. The maximum atomic E-state index is 6.30. The Morgan fingerprint density at radius 2 is 2.12 bits per heavy atom. The summed E-state index contributed by atoms with van der Waals surface area (Å²) in [5.74, 6) is 2.25. The molecule has 1 aromatic rings. The minimum Gasteiger partial charge on any atom is -0.497 e. The van der Waals surface area contributed by atoms with Gasteiger partial charge in [0.25, 0.3) is 0 Å². The molecule has 0 spiro atoms. The van der Waals surface area contributed by atoms with Gasteiger partial charge in [0.15, 0.2) is 0 Å². The fourth-order valence-corrected chi connectivity index (χ4v) is 2.73.